The molecule has 0 spiro atoms. The summed E-state index contributed by atoms with van der Waals surface area (Å²) in [6, 6.07) is 3.95. The standard InChI is InChI=1S/C15H22NO2/c1-6-12-9-13(16(5)7-2)15(11(4)17)14(10-12)18-8-3/h6,9-10H,7-8H2,1-5H3. The van der Waals surface area contributed by atoms with Crippen LogP contribution in [0.2, 0.25) is 0 Å². The number of benzene rings is 1. The van der Waals surface area contributed by atoms with Crippen LogP contribution >= 0.6 is 0 Å². The smallest absolute Gasteiger partial charge is 0.165 e. The molecule has 0 heterocycles. The molecule has 3 heteroatoms. The van der Waals surface area contributed by atoms with Crippen molar-refractivity contribution in [2.45, 2.75) is 27.7 Å². The summed E-state index contributed by atoms with van der Waals surface area (Å²) in [6.07, 6.45) is 2.01. The van der Waals surface area contributed by atoms with Gasteiger partial charge >= 0.3 is 0 Å². The summed E-state index contributed by atoms with van der Waals surface area (Å²) in [5.74, 6) is 0.715. The van der Waals surface area contributed by atoms with Crippen LogP contribution in [0.25, 0.3) is 0 Å². The van der Waals surface area contributed by atoms with E-state index >= 15 is 0 Å². The summed E-state index contributed by atoms with van der Waals surface area (Å²) < 4.78 is 5.61. The van der Waals surface area contributed by atoms with E-state index in [1.54, 1.807) is 6.92 Å². The molecule has 18 heavy (non-hydrogen) atoms. The zero-order valence-electron chi connectivity index (χ0n) is 11.9. The number of ketones is 1. The molecule has 0 fully saturated rings. The Morgan fingerprint density at radius 3 is 2.50 bits per heavy atom. The van der Waals surface area contributed by atoms with E-state index in [4.69, 9.17) is 4.74 Å². The predicted molar refractivity (Wildman–Crippen MR) is 75.6 cm³/mol. The van der Waals surface area contributed by atoms with Crippen LogP contribution in [0.4, 0.5) is 5.69 Å². The number of hydrogen-bond acceptors (Lipinski definition) is 3. The van der Waals surface area contributed by atoms with E-state index in [9.17, 15) is 4.79 Å². The van der Waals surface area contributed by atoms with E-state index in [0.29, 0.717) is 17.9 Å². The first-order valence-electron chi connectivity index (χ1n) is 6.37. The first-order valence-corrected chi connectivity index (χ1v) is 6.37. The van der Waals surface area contributed by atoms with Gasteiger partial charge in [-0.25, -0.2) is 0 Å². The van der Waals surface area contributed by atoms with Crippen molar-refractivity contribution in [3.8, 4) is 5.75 Å². The highest BCUT2D eigenvalue weighted by atomic mass is 16.5. The number of rotatable bonds is 6. The average Bonchev–Trinajstić information content (AvgIpc) is 2.36. The van der Waals surface area contributed by atoms with Crippen LogP contribution in [0.5, 0.6) is 5.75 Å². The Balaban J connectivity index is 3.43. The number of Topliss-reactive ketones (excluding diaryl/α,β-unsaturated/α-hetero) is 1. The topological polar surface area (TPSA) is 29.5 Å². The van der Waals surface area contributed by atoms with Gasteiger partial charge in [-0.3, -0.25) is 4.79 Å². The lowest BCUT2D eigenvalue weighted by atomic mass is 10.0. The van der Waals surface area contributed by atoms with Crippen molar-refractivity contribution >= 4 is 11.5 Å². The molecule has 0 aromatic heterocycles. The Kier molecular flexibility index (Phi) is 5.20. The van der Waals surface area contributed by atoms with Gasteiger partial charge in [0.05, 0.1) is 17.9 Å². The molecule has 0 aliphatic heterocycles. The molecule has 0 bridgehead atoms. The van der Waals surface area contributed by atoms with E-state index in [0.717, 1.165) is 17.8 Å². The van der Waals surface area contributed by atoms with Crippen molar-refractivity contribution in [1.29, 1.82) is 0 Å². The van der Waals surface area contributed by atoms with Gasteiger partial charge in [0.2, 0.25) is 0 Å². The summed E-state index contributed by atoms with van der Waals surface area (Å²) in [6.45, 7) is 8.96. The van der Waals surface area contributed by atoms with Crippen LogP contribution in [0.1, 0.15) is 43.6 Å². The summed E-state index contributed by atoms with van der Waals surface area (Å²) in [5, 5.41) is 0. The fourth-order valence-electron chi connectivity index (χ4n) is 1.88. The van der Waals surface area contributed by atoms with E-state index in [1.165, 1.54) is 0 Å². The molecule has 0 saturated carbocycles. The molecule has 0 saturated heterocycles. The molecule has 0 aliphatic carbocycles. The lowest BCUT2D eigenvalue weighted by molar-refractivity contribution is 0.101. The Labute approximate surface area is 110 Å². The fourth-order valence-corrected chi connectivity index (χ4v) is 1.88. The molecular formula is C15H22NO2. The molecule has 99 valence electrons. The van der Waals surface area contributed by atoms with Crippen molar-refractivity contribution in [1.82, 2.24) is 0 Å². The second-order valence-electron chi connectivity index (χ2n) is 4.21. The van der Waals surface area contributed by atoms with Gasteiger partial charge in [-0.05, 0) is 44.9 Å². The fraction of sp³-hybridized carbons (Fsp3) is 0.467. The number of anilines is 1. The maximum absolute atomic E-state index is 11.9. The molecule has 0 amide bonds. The van der Waals surface area contributed by atoms with E-state index < -0.39 is 0 Å². The minimum Gasteiger partial charge on any atom is -0.493 e. The van der Waals surface area contributed by atoms with E-state index in [1.807, 2.05) is 39.4 Å². The highest BCUT2D eigenvalue weighted by Crippen LogP contribution is 2.32. The Morgan fingerprint density at radius 2 is 2.06 bits per heavy atom. The van der Waals surface area contributed by atoms with Crippen LogP contribution in [-0.2, 0) is 0 Å². The van der Waals surface area contributed by atoms with E-state index in [-0.39, 0.29) is 5.78 Å². The molecule has 0 N–H and O–H groups in total. The maximum Gasteiger partial charge on any atom is 0.165 e. The largest absolute Gasteiger partial charge is 0.493 e. The van der Waals surface area contributed by atoms with Crippen LogP contribution in [0, 0.1) is 6.42 Å². The summed E-state index contributed by atoms with van der Waals surface area (Å²) in [4.78, 5) is 13.9. The predicted octanol–water partition coefficient (Wildman–Crippen LogP) is 3.32. The third kappa shape index (κ3) is 3.03. The zero-order chi connectivity index (χ0) is 13.7. The van der Waals surface area contributed by atoms with Gasteiger partial charge in [-0.2, -0.15) is 0 Å². The van der Waals surface area contributed by atoms with Gasteiger partial charge in [-0.1, -0.05) is 6.92 Å². The van der Waals surface area contributed by atoms with Crippen LogP contribution < -0.4 is 9.64 Å². The van der Waals surface area contributed by atoms with Gasteiger partial charge in [0.1, 0.15) is 5.75 Å². The van der Waals surface area contributed by atoms with Crippen molar-refractivity contribution in [2.24, 2.45) is 0 Å². The molecule has 1 aromatic carbocycles. The molecule has 0 atom stereocenters. The Morgan fingerprint density at radius 1 is 1.39 bits per heavy atom. The summed E-state index contributed by atoms with van der Waals surface area (Å²) >= 11 is 0. The van der Waals surface area contributed by atoms with Crippen LogP contribution in [0.15, 0.2) is 12.1 Å². The number of ether oxygens (including phenoxy) is 1. The minimum absolute atomic E-state index is 0.0383. The van der Waals surface area contributed by atoms with Crippen LogP contribution in [0.3, 0.4) is 0 Å². The van der Waals surface area contributed by atoms with Crippen molar-refractivity contribution in [2.75, 3.05) is 25.1 Å². The molecule has 1 aromatic rings. The lowest BCUT2D eigenvalue weighted by Gasteiger charge is -2.23. The average molecular weight is 248 g/mol. The van der Waals surface area contributed by atoms with Crippen molar-refractivity contribution in [3.63, 3.8) is 0 Å². The molecule has 1 rings (SSSR count). The van der Waals surface area contributed by atoms with Gasteiger partial charge < -0.3 is 9.64 Å². The highest BCUT2D eigenvalue weighted by molar-refractivity contribution is 6.02. The lowest BCUT2D eigenvalue weighted by Crippen LogP contribution is -2.19. The molecule has 1 radical (unpaired) electrons. The number of nitrogens with zero attached hydrogens (tertiary/aromatic N) is 1. The van der Waals surface area contributed by atoms with Crippen molar-refractivity contribution < 1.29 is 9.53 Å². The SMILES string of the molecule is C[CH]c1cc(OCC)c(C(C)=O)c(N(C)CC)c1. The Bertz CT molecular complexity index is 427. The number of carbonyl (C=O) groups is 1. The maximum atomic E-state index is 11.9. The van der Waals surface area contributed by atoms with Crippen molar-refractivity contribution in [3.05, 3.63) is 29.7 Å². The van der Waals surface area contributed by atoms with Gasteiger partial charge in [0, 0.05) is 13.6 Å². The second-order valence-corrected chi connectivity index (χ2v) is 4.21. The zero-order valence-corrected chi connectivity index (χ0v) is 11.9. The van der Waals surface area contributed by atoms with Gasteiger partial charge in [-0.15, -0.1) is 0 Å². The second kappa shape index (κ2) is 6.43. The molecule has 0 unspecified atom stereocenters. The monoisotopic (exact) mass is 248 g/mol. The number of hydrogen-bond donors (Lipinski definition) is 0. The van der Waals surface area contributed by atoms with Gasteiger partial charge in [0.25, 0.3) is 0 Å². The molecule has 0 aliphatic rings. The summed E-state index contributed by atoms with van der Waals surface area (Å²) in [7, 11) is 1.98. The number of carbonyl (C=O) groups excluding carboxylic acids is 1. The first kappa shape index (κ1) is 14.6. The minimum atomic E-state index is 0.0383. The quantitative estimate of drug-likeness (QED) is 0.723. The van der Waals surface area contributed by atoms with Gasteiger partial charge in [0.15, 0.2) is 5.78 Å². The van der Waals surface area contributed by atoms with Crippen LogP contribution in [-0.4, -0.2) is 26.0 Å². The molecular weight excluding hydrogens is 226 g/mol. The Hall–Kier alpha value is -1.51. The molecule has 3 nitrogen and oxygen atoms in total. The third-order valence-electron chi connectivity index (χ3n) is 2.97. The first-order chi connectivity index (χ1) is 8.54. The normalized spacial score (nSPS) is 10.3. The van der Waals surface area contributed by atoms with E-state index in [2.05, 4.69) is 11.8 Å². The highest BCUT2D eigenvalue weighted by Gasteiger charge is 2.17. The summed E-state index contributed by atoms with van der Waals surface area (Å²) in [5.41, 5.74) is 2.68. The third-order valence-corrected chi connectivity index (χ3v) is 2.97.